The lowest BCUT2D eigenvalue weighted by Crippen LogP contribution is -2.28. The van der Waals surface area contributed by atoms with Crippen molar-refractivity contribution in [2.75, 3.05) is 0 Å². The van der Waals surface area contributed by atoms with Gasteiger partial charge in [0.1, 0.15) is 5.82 Å². The Labute approximate surface area is 178 Å². The maximum Gasteiger partial charge on any atom is 0.266 e. The summed E-state index contributed by atoms with van der Waals surface area (Å²) in [7, 11) is 0. The maximum absolute atomic E-state index is 13.7. The topological polar surface area (TPSA) is 34.9 Å². The predicted molar refractivity (Wildman–Crippen MR) is 122 cm³/mol. The quantitative estimate of drug-likeness (QED) is 0.325. The zero-order valence-corrected chi connectivity index (χ0v) is 17.0. The molecule has 0 bridgehead atoms. The monoisotopic (exact) mass is 408 g/mol. The van der Waals surface area contributed by atoms with Gasteiger partial charge in [0.2, 0.25) is 0 Å². The Morgan fingerprint density at radius 2 is 1.53 bits per heavy atom. The smallest absolute Gasteiger partial charge is 0.266 e. The molecule has 30 heavy (non-hydrogen) atoms. The van der Waals surface area contributed by atoms with Crippen molar-refractivity contribution in [3.63, 3.8) is 0 Å². The molecule has 0 aliphatic carbocycles. The van der Waals surface area contributed by atoms with Crippen LogP contribution in [0, 0.1) is 0 Å². The Morgan fingerprint density at radius 3 is 2.30 bits per heavy atom. The molecule has 0 saturated carbocycles. The molecule has 4 aromatic carbocycles. The van der Waals surface area contributed by atoms with Gasteiger partial charge in [-0.1, -0.05) is 66.2 Å². The second-order valence-electron chi connectivity index (χ2n) is 7.94. The highest BCUT2D eigenvalue weighted by atomic mass is 35.5. The summed E-state index contributed by atoms with van der Waals surface area (Å²) < 4.78 is 1.78. The van der Waals surface area contributed by atoms with Gasteiger partial charge in [-0.3, -0.25) is 9.36 Å². The van der Waals surface area contributed by atoms with Gasteiger partial charge < -0.3 is 0 Å². The van der Waals surface area contributed by atoms with Gasteiger partial charge in [0.25, 0.3) is 5.56 Å². The fraction of sp³-hybridized carbons (Fsp3) is 0.0769. The highest BCUT2D eigenvalue weighted by molar-refractivity contribution is 6.30. The third kappa shape index (κ3) is 2.21. The van der Waals surface area contributed by atoms with Crippen LogP contribution in [-0.2, 0) is 5.41 Å². The fourth-order valence-corrected chi connectivity index (χ4v) is 4.84. The average molecular weight is 409 g/mol. The predicted octanol–water partition coefficient (Wildman–Crippen LogP) is 5.86. The van der Waals surface area contributed by atoms with E-state index in [0.29, 0.717) is 10.4 Å². The van der Waals surface area contributed by atoms with E-state index >= 15 is 0 Å². The molecule has 1 unspecified atom stereocenters. The van der Waals surface area contributed by atoms with E-state index in [1.54, 1.807) is 4.57 Å². The zero-order valence-electron chi connectivity index (χ0n) is 16.3. The second kappa shape index (κ2) is 6.04. The first-order valence-corrected chi connectivity index (χ1v) is 10.3. The minimum absolute atomic E-state index is 0.0362. The van der Waals surface area contributed by atoms with Crippen molar-refractivity contribution in [1.29, 1.82) is 0 Å². The summed E-state index contributed by atoms with van der Waals surface area (Å²) in [5, 5.41) is 3.43. The van der Waals surface area contributed by atoms with E-state index in [9.17, 15) is 4.79 Å². The van der Waals surface area contributed by atoms with Crippen molar-refractivity contribution in [3.05, 3.63) is 117 Å². The minimum Gasteiger partial charge on any atom is -0.268 e. The van der Waals surface area contributed by atoms with Crippen molar-refractivity contribution < 1.29 is 0 Å². The first-order chi connectivity index (χ1) is 14.6. The number of aromatic nitrogens is 2. The molecule has 1 aliphatic rings. The highest BCUT2D eigenvalue weighted by Gasteiger charge is 2.43. The zero-order chi connectivity index (χ0) is 20.5. The summed E-state index contributed by atoms with van der Waals surface area (Å²) in [6, 6.07) is 27.9. The van der Waals surface area contributed by atoms with Gasteiger partial charge in [0, 0.05) is 5.02 Å². The molecular weight excluding hydrogens is 392 g/mol. The van der Waals surface area contributed by atoms with Crippen LogP contribution in [-0.4, -0.2) is 9.55 Å². The van der Waals surface area contributed by atoms with E-state index in [4.69, 9.17) is 16.6 Å². The Balaban J connectivity index is 1.77. The first-order valence-electron chi connectivity index (χ1n) is 9.89. The maximum atomic E-state index is 13.7. The summed E-state index contributed by atoms with van der Waals surface area (Å²) in [6.45, 7) is 2.13. The molecule has 6 rings (SSSR count). The molecule has 5 aromatic rings. The molecule has 2 heterocycles. The van der Waals surface area contributed by atoms with Gasteiger partial charge in [-0.2, -0.15) is 0 Å². The highest BCUT2D eigenvalue weighted by Crippen LogP contribution is 2.46. The van der Waals surface area contributed by atoms with Crippen molar-refractivity contribution in [3.8, 4) is 5.69 Å². The molecule has 0 fully saturated rings. The van der Waals surface area contributed by atoms with Crippen LogP contribution < -0.4 is 5.56 Å². The average Bonchev–Trinajstić information content (AvgIpc) is 3.03. The largest absolute Gasteiger partial charge is 0.268 e. The van der Waals surface area contributed by atoms with Crippen molar-refractivity contribution in [1.82, 2.24) is 9.55 Å². The van der Waals surface area contributed by atoms with Crippen molar-refractivity contribution >= 4 is 33.3 Å². The van der Waals surface area contributed by atoms with Gasteiger partial charge in [0.05, 0.1) is 22.0 Å². The first kappa shape index (κ1) is 17.4. The van der Waals surface area contributed by atoms with Gasteiger partial charge in [-0.05, 0) is 59.2 Å². The number of nitrogens with zero attached hydrogens (tertiary/aromatic N) is 2. The molecule has 1 aliphatic heterocycles. The molecule has 0 spiro atoms. The Hall–Kier alpha value is -3.43. The van der Waals surface area contributed by atoms with Crippen LogP contribution in [0.3, 0.4) is 0 Å². The molecule has 3 nitrogen and oxygen atoms in total. The van der Waals surface area contributed by atoms with E-state index in [2.05, 4.69) is 19.1 Å². The third-order valence-corrected chi connectivity index (χ3v) is 6.54. The van der Waals surface area contributed by atoms with Crippen LogP contribution in [0.1, 0.15) is 23.9 Å². The summed E-state index contributed by atoms with van der Waals surface area (Å²) in [4.78, 5) is 18.8. The van der Waals surface area contributed by atoms with E-state index in [1.165, 1.54) is 0 Å². The summed E-state index contributed by atoms with van der Waals surface area (Å²) in [5.41, 5.74) is 3.14. The summed E-state index contributed by atoms with van der Waals surface area (Å²) in [6.07, 6.45) is 0. The Bertz CT molecular complexity index is 1540. The molecule has 0 amide bonds. The van der Waals surface area contributed by atoms with Crippen LogP contribution >= 0.6 is 11.6 Å². The lowest BCUT2D eigenvalue weighted by molar-refractivity contribution is 0.655. The standard InChI is InChI=1S/C26H17ClN2O/c1-26(18-10-12-19(27)13-11-18)21-8-4-5-9-23(21)29-24(30)20-14-16-6-2-3-7-17(16)15-22(20)28-25(26)29/h2-15H,1H3. The van der Waals surface area contributed by atoms with Gasteiger partial charge >= 0.3 is 0 Å². The van der Waals surface area contributed by atoms with Crippen LogP contribution in [0.5, 0.6) is 0 Å². The number of rotatable bonds is 1. The van der Waals surface area contributed by atoms with E-state index in [-0.39, 0.29) is 5.56 Å². The van der Waals surface area contributed by atoms with Crippen molar-refractivity contribution in [2.45, 2.75) is 12.3 Å². The number of benzene rings is 4. The van der Waals surface area contributed by atoms with Crippen molar-refractivity contribution in [2.24, 2.45) is 0 Å². The molecular formula is C26H17ClN2O. The number of halogens is 1. The number of hydrogen-bond acceptors (Lipinski definition) is 2. The lowest BCUT2D eigenvalue weighted by atomic mass is 9.77. The van der Waals surface area contributed by atoms with Crippen LogP contribution in [0.15, 0.2) is 89.7 Å². The summed E-state index contributed by atoms with van der Waals surface area (Å²) >= 11 is 6.15. The normalized spacial score (nSPS) is 17.3. The minimum atomic E-state index is -0.555. The third-order valence-electron chi connectivity index (χ3n) is 6.29. The number of para-hydroxylation sites is 1. The molecule has 1 atom stereocenters. The van der Waals surface area contributed by atoms with Gasteiger partial charge in [-0.25, -0.2) is 4.98 Å². The Morgan fingerprint density at radius 1 is 0.867 bits per heavy atom. The molecule has 0 saturated heterocycles. The summed E-state index contributed by atoms with van der Waals surface area (Å²) in [5.74, 6) is 0.735. The lowest BCUT2D eigenvalue weighted by Gasteiger charge is -2.26. The van der Waals surface area contributed by atoms with Crippen LogP contribution in [0.25, 0.3) is 27.4 Å². The van der Waals surface area contributed by atoms with Gasteiger partial charge in [-0.15, -0.1) is 0 Å². The number of hydrogen-bond donors (Lipinski definition) is 0. The van der Waals surface area contributed by atoms with E-state index < -0.39 is 5.41 Å². The fourth-order valence-electron chi connectivity index (χ4n) is 4.71. The Kier molecular flexibility index (Phi) is 3.51. The molecule has 0 N–H and O–H groups in total. The van der Waals surface area contributed by atoms with Crippen LogP contribution in [0.2, 0.25) is 5.02 Å². The number of fused-ring (bicyclic) bond motifs is 5. The van der Waals surface area contributed by atoms with Gasteiger partial charge in [0.15, 0.2) is 0 Å². The molecule has 144 valence electrons. The second-order valence-corrected chi connectivity index (χ2v) is 8.38. The van der Waals surface area contributed by atoms with E-state index in [0.717, 1.165) is 38.9 Å². The SMILES string of the molecule is CC1(c2ccc(Cl)cc2)c2ccccc2-n2c1nc1cc3ccccc3cc1c2=O. The van der Waals surface area contributed by atoms with Crippen LogP contribution in [0.4, 0.5) is 0 Å². The van der Waals surface area contributed by atoms with E-state index in [1.807, 2.05) is 72.8 Å². The molecule has 4 heteroatoms. The molecule has 1 aromatic heterocycles. The molecule has 0 radical (unpaired) electrons.